The zero-order chi connectivity index (χ0) is 8.97. The lowest BCUT2D eigenvalue weighted by atomic mass is 10.2. The molecule has 1 unspecified atom stereocenters. The van der Waals surface area contributed by atoms with E-state index in [-0.39, 0.29) is 6.04 Å². The van der Waals surface area contributed by atoms with Crippen molar-refractivity contribution in [3.8, 4) is 12.3 Å². The van der Waals surface area contributed by atoms with Crippen molar-refractivity contribution in [2.45, 2.75) is 19.4 Å². The largest absolute Gasteiger partial charge is 0.348 e. The molecule has 0 radical (unpaired) electrons. The van der Waals surface area contributed by atoms with Crippen molar-refractivity contribution in [1.82, 2.24) is 4.98 Å². The summed E-state index contributed by atoms with van der Waals surface area (Å²) in [6, 6.07) is 0.0483. The second-order valence-electron chi connectivity index (χ2n) is 2.24. The average Bonchev–Trinajstić information content (AvgIpc) is 2.47. The van der Waals surface area contributed by atoms with Crippen molar-refractivity contribution in [2.24, 2.45) is 0 Å². The molecule has 0 aliphatic heterocycles. The van der Waals surface area contributed by atoms with Gasteiger partial charge in [-0.25, -0.2) is 4.98 Å². The first-order valence-corrected chi connectivity index (χ1v) is 4.79. The van der Waals surface area contributed by atoms with E-state index in [2.05, 4.69) is 16.2 Å². The third kappa shape index (κ3) is 2.40. The van der Waals surface area contributed by atoms with Crippen molar-refractivity contribution in [1.29, 1.82) is 0 Å². The molecule has 2 nitrogen and oxygen atoms in total. The zero-order valence-corrected chi connectivity index (χ0v) is 8.25. The maximum absolute atomic E-state index is 5.69. The van der Waals surface area contributed by atoms with E-state index in [4.69, 9.17) is 18.0 Å². The van der Waals surface area contributed by atoms with Crippen LogP contribution in [-0.2, 0) is 0 Å². The van der Waals surface area contributed by atoms with Crippen molar-refractivity contribution in [3.05, 3.63) is 10.5 Å². The van der Waals surface area contributed by atoms with Crippen LogP contribution in [0, 0.1) is 12.3 Å². The fourth-order valence-electron chi connectivity index (χ4n) is 0.732. The topological polar surface area (TPSA) is 24.9 Å². The number of rotatable bonds is 3. The maximum atomic E-state index is 5.69. The van der Waals surface area contributed by atoms with Crippen LogP contribution >= 0.6 is 22.9 Å². The predicted octanol–water partition coefficient (Wildman–Crippen LogP) is 2.62. The Morgan fingerprint density at radius 1 is 1.92 bits per heavy atom. The van der Waals surface area contributed by atoms with Gasteiger partial charge in [-0.05, 0) is 6.42 Å². The number of nitrogens with one attached hydrogen (secondary N) is 1. The van der Waals surface area contributed by atoms with E-state index in [0.717, 1.165) is 11.6 Å². The lowest BCUT2D eigenvalue weighted by Crippen LogP contribution is -2.15. The van der Waals surface area contributed by atoms with Gasteiger partial charge in [0.25, 0.3) is 0 Å². The smallest absolute Gasteiger partial charge is 0.185 e. The highest BCUT2D eigenvalue weighted by molar-refractivity contribution is 7.19. The van der Waals surface area contributed by atoms with Crippen LogP contribution in [0.2, 0.25) is 4.34 Å². The molecule has 1 atom stereocenters. The number of hydrogen-bond acceptors (Lipinski definition) is 3. The van der Waals surface area contributed by atoms with Gasteiger partial charge in [-0.2, -0.15) is 0 Å². The summed E-state index contributed by atoms with van der Waals surface area (Å²) in [6.45, 7) is 2.02. The Labute approximate surface area is 81.0 Å². The SMILES string of the molecule is C#CC(CC)Nc1ncc(Cl)s1. The monoisotopic (exact) mass is 200 g/mol. The third-order valence-corrected chi connectivity index (χ3v) is 2.43. The molecule has 0 saturated heterocycles. The molecule has 0 spiro atoms. The van der Waals surface area contributed by atoms with Gasteiger partial charge in [0, 0.05) is 0 Å². The molecular formula is C8H9ClN2S. The highest BCUT2D eigenvalue weighted by Crippen LogP contribution is 2.23. The van der Waals surface area contributed by atoms with Gasteiger partial charge < -0.3 is 5.32 Å². The van der Waals surface area contributed by atoms with E-state index in [9.17, 15) is 0 Å². The molecule has 4 heteroatoms. The summed E-state index contributed by atoms with van der Waals surface area (Å²) in [5, 5.41) is 3.87. The lowest BCUT2D eigenvalue weighted by molar-refractivity contribution is 0.856. The fourth-order valence-corrected chi connectivity index (χ4v) is 1.60. The summed E-state index contributed by atoms with van der Waals surface area (Å²) < 4.78 is 0.671. The van der Waals surface area contributed by atoms with Gasteiger partial charge in [0.15, 0.2) is 5.13 Å². The molecule has 1 aromatic rings. The maximum Gasteiger partial charge on any atom is 0.185 e. The Hall–Kier alpha value is -0.720. The summed E-state index contributed by atoms with van der Waals surface area (Å²) in [5.41, 5.74) is 0. The minimum atomic E-state index is 0.0483. The van der Waals surface area contributed by atoms with Gasteiger partial charge in [0.1, 0.15) is 4.34 Å². The van der Waals surface area contributed by atoms with Crippen molar-refractivity contribution in [3.63, 3.8) is 0 Å². The van der Waals surface area contributed by atoms with Crippen molar-refractivity contribution >= 4 is 28.1 Å². The lowest BCUT2D eigenvalue weighted by Gasteiger charge is -2.07. The summed E-state index contributed by atoms with van der Waals surface area (Å²) in [7, 11) is 0. The summed E-state index contributed by atoms with van der Waals surface area (Å²) in [5.74, 6) is 2.62. The number of thiazole rings is 1. The zero-order valence-electron chi connectivity index (χ0n) is 6.67. The quantitative estimate of drug-likeness (QED) is 0.759. The highest BCUT2D eigenvalue weighted by Gasteiger charge is 2.04. The number of aromatic nitrogens is 1. The van der Waals surface area contributed by atoms with E-state index >= 15 is 0 Å². The van der Waals surface area contributed by atoms with E-state index in [1.54, 1.807) is 6.20 Å². The highest BCUT2D eigenvalue weighted by atomic mass is 35.5. The molecule has 0 aliphatic rings. The van der Waals surface area contributed by atoms with Crippen LogP contribution in [0.15, 0.2) is 6.20 Å². The van der Waals surface area contributed by atoms with Gasteiger partial charge in [-0.3, -0.25) is 0 Å². The molecule has 64 valence electrons. The first kappa shape index (κ1) is 9.37. The first-order chi connectivity index (χ1) is 5.76. The molecule has 0 amide bonds. The molecule has 1 N–H and O–H groups in total. The van der Waals surface area contributed by atoms with E-state index < -0.39 is 0 Å². The van der Waals surface area contributed by atoms with Crippen LogP contribution in [0.1, 0.15) is 13.3 Å². The molecule has 0 fully saturated rings. The molecule has 0 aliphatic carbocycles. The number of terminal acetylenes is 1. The van der Waals surface area contributed by atoms with Crippen molar-refractivity contribution in [2.75, 3.05) is 5.32 Å². The van der Waals surface area contributed by atoms with Crippen molar-refractivity contribution < 1.29 is 0 Å². The Bertz CT molecular complexity index is 289. The second-order valence-corrected chi connectivity index (χ2v) is 3.90. The van der Waals surface area contributed by atoms with E-state index in [1.807, 2.05) is 6.92 Å². The van der Waals surface area contributed by atoms with Gasteiger partial charge in [-0.15, -0.1) is 6.42 Å². The minimum absolute atomic E-state index is 0.0483. The second kappa shape index (κ2) is 4.34. The van der Waals surface area contributed by atoms with Crippen LogP contribution < -0.4 is 5.32 Å². The number of halogens is 1. The molecule has 1 heterocycles. The van der Waals surface area contributed by atoms with Crippen LogP contribution in [0.25, 0.3) is 0 Å². The Morgan fingerprint density at radius 2 is 2.67 bits per heavy atom. The molecule has 1 aromatic heterocycles. The van der Waals surface area contributed by atoms with E-state index in [0.29, 0.717) is 4.34 Å². The van der Waals surface area contributed by atoms with Crippen LogP contribution in [0.3, 0.4) is 0 Å². The normalized spacial score (nSPS) is 12.1. The standard InChI is InChI=1S/C8H9ClN2S/c1-3-6(4-2)11-8-10-5-7(9)12-8/h1,5-6H,4H2,2H3,(H,10,11). The summed E-state index contributed by atoms with van der Waals surface area (Å²) >= 11 is 7.09. The van der Waals surface area contributed by atoms with Crippen LogP contribution in [-0.4, -0.2) is 11.0 Å². The van der Waals surface area contributed by atoms with Gasteiger partial charge >= 0.3 is 0 Å². The third-order valence-electron chi connectivity index (χ3n) is 1.38. The molecule has 12 heavy (non-hydrogen) atoms. The van der Waals surface area contributed by atoms with E-state index in [1.165, 1.54) is 11.3 Å². The average molecular weight is 201 g/mol. The van der Waals surface area contributed by atoms with Gasteiger partial charge in [0.2, 0.25) is 0 Å². The number of hydrogen-bond donors (Lipinski definition) is 1. The summed E-state index contributed by atoms with van der Waals surface area (Å²) in [4.78, 5) is 4.03. The molecule has 0 aromatic carbocycles. The Morgan fingerprint density at radius 3 is 3.08 bits per heavy atom. The Balaban J connectivity index is 2.58. The Kier molecular flexibility index (Phi) is 3.39. The molecular weight excluding hydrogens is 192 g/mol. The minimum Gasteiger partial charge on any atom is -0.348 e. The van der Waals surface area contributed by atoms with Crippen LogP contribution in [0.5, 0.6) is 0 Å². The summed E-state index contributed by atoms with van der Waals surface area (Å²) in [6.07, 6.45) is 7.76. The first-order valence-electron chi connectivity index (χ1n) is 3.60. The fraction of sp³-hybridized carbons (Fsp3) is 0.375. The molecule has 1 rings (SSSR count). The molecule has 0 saturated carbocycles. The number of anilines is 1. The van der Waals surface area contributed by atoms with Crippen LogP contribution in [0.4, 0.5) is 5.13 Å². The number of nitrogens with zero attached hydrogens (tertiary/aromatic N) is 1. The molecule has 0 bridgehead atoms. The van der Waals surface area contributed by atoms with Gasteiger partial charge in [0.05, 0.1) is 12.2 Å². The van der Waals surface area contributed by atoms with Gasteiger partial charge in [-0.1, -0.05) is 35.8 Å². The predicted molar refractivity (Wildman–Crippen MR) is 53.7 cm³/mol.